The van der Waals surface area contributed by atoms with Gasteiger partial charge in [-0.1, -0.05) is 12.1 Å². The molecule has 90 valence electrons. The van der Waals surface area contributed by atoms with Crippen molar-refractivity contribution < 1.29 is 14.6 Å². The Morgan fingerprint density at radius 3 is 2.81 bits per heavy atom. The number of rotatable bonds is 5. The van der Waals surface area contributed by atoms with Crippen LogP contribution in [0.3, 0.4) is 0 Å². The fourth-order valence-electron chi connectivity index (χ4n) is 1.28. The highest BCUT2D eigenvalue weighted by Gasteiger charge is 2.02. The molecule has 0 heterocycles. The minimum absolute atomic E-state index is 0. The quantitative estimate of drug-likeness (QED) is 0.824. The largest absolute Gasteiger partial charge is 0.482 e. The van der Waals surface area contributed by atoms with Crippen LogP contribution < -0.4 is 10.5 Å². The second kappa shape index (κ2) is 7.09. The molecule has 0 radical (unpaired) electrons. The summed E-state index contributed by atoms with van der Waals surface area (Å²) in [5.74, 6) is -0.414. The smallest absolute Gasteiger partial charge is 0.341 e. The van der Waals surface area contributed by atoms with E-state index in [1.807, 2.05) is 25.1 Å². The molecule has 4 nitrogen and oxygen atoms in total. The first kappa shape index (κ1) is 14.7. The lowest BCUT2D eigenvalue weighted by Crippen LogP contribution is -2.17. The molecule has 1 aromatic carbocycles. The fourth-order valence-corrected chi connectivity index (χ4v) is 1.28. The van der Waals surface area contributed by atoms with Gasteiger partial charge in [0.1, 0.15) is 5.75 Å². The van der Waals surface area contributed by atoms with Gasteiger partial charge in [0.25, 0.3) is 0 Å². The van der Waals surface area contributed by atoms with E-state index in [0.717, 1.165) is 12.0 Å². The molecular formula is C11H16ClNO3. The number of carboxylic acid groups (broad SMARTS) is 1. The molecule has 0 saturated heterocycles. The summed E-state index contributed by atoms with van der Waals surface area (Å²) < 4.78 is 5.05. The maximum Gasteiger partial charge on any atom is 0.341 e. The molecule has 16 heavy (non-hydrogen) atoms. The first-order chi connectivity index (χ1) is 7.08. The fraction of sp³-hybridized carbons (Fsp3) is 0.364. The predicted molar refractivity (Wildman–Crippen MR) is 64.2 cm³/mol. The van der Waals surface area contributed by atoms with Gasteiger partial charge in [0.05, 0.1) is 0 Å². The van der Waals surface area contributed by atoms with Crippen molar-refractivity contribution in [2.75, 3.05) is 6.61 Å². The second-order valence-corrected chi connectivity index (χ2v) is 3.51. The van der Waals surface area contributed by atoms with E-state index in [4.69, 9.17) is 15.6 Å². The summed E-state index contributed by atoms with van der Waals surface area (Å²) in [5, 5.41) is 8.44. The summed E-state index contributed by atoms with van der Waals surface area (Å²) in [4.78, 5) is 10.3. The Balaban J connectivity index is 0.00000225. The van der Waals surface area contributed by atoms with Gasteiger partial charge >= 0.3 is 5.97 Å². The molecule has 0 aliphatic rings. The summed E-state index contributed by atoms with van der Waals surface area (Å²) in [6, 6.07) is 7.39. The van der Waals surface area contributed by atoms with Crippen LogP contribution in [0.15, 0.2) is 24.3 Å². The van der Waals surface area contributed by atoms with Crippen molar-refractivity contribution in [3.05, 3.63) is 29.8 Å². The topological polar surface area (TPSA) is 72.5 Å². The Labute approximate surface area is 101 Å². The summed E-state index contributed by atoms with van der Waals surface area (Å²) in [6.07, 6.45) is 0.754. The van der Waals surface area contributed by atoms with Gasteiger partial charge < -0.3 is 15.6 Å². The normalized spacial score (nSPS) is 11.4. The van der Waals surface area contributed by atoms with Gasteiger partial charge in [-0.3, -0.25) is 0 Å². The molecule has 0 spiro atoms. The second-order valence-electron chi connectivity index (χ2n) is 3.51. The van der Waals surface area contributed by atoms with Gasteiger partial charge in [-0.05, 0) is 31.0 Å². The first-order valence-corrected chi connectivity index (χ1v) is 4.77. The van der Waals surface area contributed by atoms with E-state index in [-0.39, 0.29) is 25.1 Å². The maximum absolute atomic E-state index is 10.3. The van der Waals surface area contributed by atoms with E-state index < -0.39 is 5.97 Å². The van der Waals surface area contributed by atoms with Gasteiger partial charge in [-0.25, -0.2) is 4.79 Å². The molecule has 1 rings (SSSR count). The van der Waals surface area contributed by atoms with Crippen molar-refractivity contribution in [1.29, 1.82) is 0 Å². The molecule has 0 fully saturated rings. The molecule has 0 aromatic heterocycles. The average molecular weight is 246 g/mol. The molecule has 0 saturated carbocycles. The average Bonchev–Trinajstić information content (AvgIpc) is 2.14. The van der Waals surface area contributed by atoms with Gasteiger partial charge in [-0.15, -0.1) is 12.4 Å². The van der Waals surface area contributed by atoms with Crippen molar-refractivity contribution in [3.8, 4) is 5.75 Å². The summed E-state index contributed by atoms with van der Waals surface area (Å²) >= 11 is 0. The highest BCUT2D eigenvalue weighted by atomic mass is 35.5. The summed E-state index contributed by atoms with van der Waals surface area (Å²) in [5.41, 5.74) is 6.71. The zero-order chi connectivity index (χ0) is 11.3. The maximum atomic E-state index is 10.3. The molecule has 0 amide bonds. The van der Waals surface area contributed by atoms with Gasteiger partial charge in [0.2, 0.25) is 0 Å². The minimum atomic E-state index is -0.979. The van der Waals surface area contributed by atoms with Crippen LogP contribution in [0.1, 0.15) is 12.5 Å². The number of nitrogens with two attached hydrogens (primary N) is 1. The molecule has 1 aromatic rings. The molecule has 3 N–H and O–H groups in total. The first-order valence-electron chi connectivity index (χ1n) is 4.77. The molecular weight excluding hydrogens is 230 g/mol. The van der Waals surface area contributed by atoms with E-state index in [2.05, 4.69) is 0 Å². The van der Waals surface area contributed by atoms with E-state index in [9.17, 15) is 4.79 Å². The van der Waals surface area contributed by atoms with Crippen molar-refractivity contribution in [1.82, 2.24) is 0 Å². The van der Waals surface area contributed by atoms with Crippen molar-refractivity contribution in [3.63, 3.8) is 0 Å². The number of ether oxygens (including phenoxy) is 1. The lowest BCUT2D eigenvalue weighted by Gasteiger charge is -2.07. The lowest BCUT2D eigenvalue weighted by atomic mass is 10.1. The predicted octanol–water partition coefficient (Wildman–Crippen LogP) is 1.46. The van der Waals surface area contributed by atoms with Crippen LogP contribution in [0.5, 0.6) is 5.75 Å². The van der Waals surface area contributed by atoms with Crippen LogP contribution >= 0.6 is 12.4 Å². The third-order valence-electron chi connectivity index (χ3n) is 1.82. The van der Waals surface area contributed by atoms with Crippen LogP contribution in [0.25, 0.3) is 0 Å². The van der Waals surface area contributed by atoms with Crippen molar-refractivity contribution in [2.45, 2.75) is 19.4 Å². The van der Waals surface area contributed by atoms with E-state index in [1.165, 1.54) is 0 Å². The Morgan fingerprint density at radius 2 is 2.25 bits per heavy atom. The minimum Gasteiger partial charge on any atom is -0.482 e. The number of benzene rings is 1. The molecule has 1 unspecified atom stereocenters. The molecule has 1 atom stereocenters. The number of aliphatic carboxylic acids is 1. The van der Waals surface area contributed by atoms with Crippen LogP contribution in [0.2, 0.25) is 0 Å². The Kier molecular flexibility index (Phi) is 6.53. The standard InChI is InChI=1S/C11H15NO3.ClH/c1-8(12)5-9-3-2-4-10(6-9)15-7-11(13)14;/h2-4,6,8H,5,7,12H2,1H3,(H,13,14);1H. The van der Waals surface area contributed by atoms with Crippen LogP contribution in [0.4, 0.5) is 0 Å². The Morgan fingerprint density at radius 1 is 1.56 bits per heavy atom. The van der Waals surface area contributed by atoms with Crippen LogP contribution in [-0.2, 0) is 11.2 Å². The molecule has 0 bridgehead atoms. The molecule has 0 aliphatic carbocycles. The zero-order valence-corrected chi connectivity index (χ0v) is 9.87. The summed E-state index contributed by atoms with van der Waals surface area (Å²) in [7, 11) is 0. The number of hydrogen-bond acceptors (Lipinski definition) is 3. The number of carbonyl (C=O) groups is 1. The van der Waals surface area contributed by atoms with Gasteiger partial charge in [0, 0.05) is 6.04 Å². The van der Waals surface area contributed by atoms with Gasteiger partial charge in [-0.2, -0.15) is 0 Å². The lowest BCUT2D eigenvalue weighted by molar-refractivity contribution is -0.139. The SMILES string of the molecule is CC(N)Cc1cccc(OCC(=O)O)c1.Cl. The van der Waals surface area contributed by atoms with Gasteiger partial charge in [0.15, 0.2) is 6.61 Å². The van der Waals surface area contributed by atoms with Crippen LogP contribution in [0, 0.1) is 0 Å². The van der Waals surface area contributed by atoms with Crippen molar-refractivity contribution >= 4 is 18.4 Å². The Bertz CT molecular complexity index is 342. The highest BCUT2D eigenvalue weighted by Crippen LogP contribution is 2.14. The molecule has 5 heteroatoms. The molecule has 0 aliphatic heterocycles. The number of halogens is 1. The van der Waals surface area contributed by atoms with E-state index in [0.29, 0.717) is 5.75 Å². The van der Waals surface area contributed by atoms with E-state index >= 15 is 0 Å². The van der Waals surface area contributed by atoms with Crippen LogP contribution in [-0.4, -0.2) is 23.7 Å². The monoisotopic (exact) mass is 245 g/mol. The number of carboxylic acids is 1. The van der Waals surface area contributed by atoms with E-state index in [1.54, 1.807) is 6.07 Å². The zero-order valence-electron chi connectivity index (χ0n) is 9.05. The third kappa shape index (κ3) is 5.58. The highest BCUT2D eigenvalue weighted by molar-refractivity contribution is 5.85. The Hall–Kier alpha value is -1.26. The van der Waals surface area contributed by atoms with Crippen molar-refractivity contribution in [2.24, 2.45) is 5.73 Å². The number of hydrogen-bond donors (Lipinski definition) is 2. The summed E-state index contributed by atoms with van der Waals surface area (Å²) in [6.45, 7) is 1.60. The third-order valence-corrected chi connectivity index (χ3v) is 1.82.